The summed E-state index contributed by atoms with van der Waals surface area (Å²) in [5.74, 6) is 1.25. The zero-order valence-corrected chi connectivity index (χ0v) is 12.9. The number of aromatic nitrogens is 1. The molecule has 1 aromatic heterocycles. The topological polar surface area (TPSA) is 68.0 Å². The minimum Gasteiger partial charge on any atom is -0.351 e. The van der Waals surface area contributed by atoms with Gasteiger partial charge in [-0.05, 0) is 38.1 Å². The standard InChI is InChI=1S/C14H25N3OS/c1-10(2)12(6-7-15)4-5-14(18)17-9-13-8-16-11(3)19-13/h8,10,12H,4-7,9,15H2,1-3H3,(H,17,18). The Kier molecular flexibility index (Phi) is 7.02. The van der Waals surface area contributed by atoms with Gasteiger partial charge < -0.3 is 11.1 Å². The van der Waals surface area contributed by atoms with Gasteiger partial charge in [0.05, 0.1) is 11.6 Å². The number of carbonyl (C=O) groups is 1. The van der Waals surface area contributed by atoms with E-state index in [2.05, 4.69) is 24.1 Å². The Hall–Kier alpha value is -0.940. The zero-order chi connectivity index (χ0) is 14.3. The molecule has 0 bridgehead atoms. The predicted octanol–water partition coefficient (Wildman–Crippen LogP) is 2.47. The van der Waals surface area contributed by atoms with Crippen LogP contribution in [-0.2, 0) is 11.3 Å². The monoisotopic (exact) mass is 283 g/mol. The molecule has 19 heavy (non-hydrogen) atoms. The van der Waals surface area contributed by atoms with Gasteiger partial charge in [-0.15, -0.1) is 11.3 Å². The highest BCUT2D eigenvalue weighted by Crippen LogP contribution is 2.20. The number of carbonyl (C=O) groups excluding carboxylic acids is 1. The van der Waals surface area contributed by atoms with E-state index in [1.807, 2.05) is 13.1 Å². The van der Waals surface area contributed by atoms with E-state index in [0.717, 1.165) is 22.7 Å². The second-order valence-corrected chi connectivity index (χ2v) is 6.56. The lowest BCUT2D eigenvalue weighted by molar-refractivity contribution is -0.121. The molecule has 1 amide bonds. The van der Waals surface area contributed by atoms with Crippen LogP contribution in [0, 0.1) is 18.8 Å². The number of nitrogens with one attached hydrogen (secondary N) is 1. The van der Waals surface area contributed by atoms with Crippen molar-refractivity contribution < 1.29 is 4.79 Å². The van der Waals surface area contributed by atoms with Crippen LogP contribution in [0.5, 0.6) is 0 Å². The number of hydrogen-bond acceptors (Lipinski definition) is 4. The lowest BCUT2D eigenvalue weighted by atomic mass is 9.88. The minimum absolute atomic E-state index is 0.119. The van der Waals surface area contributed by atoms with Gasteiger partial charge in [0.2, 0.25) is 5.91 Å². The van der Waals surface area contributed by atoms with Crippen molar-refractivity contribution in [2.24, 2.45) is 17.6 Å². The van der Waals surface area contributed by atoms with E-state index in [-0.39, 0.29) is 5.91 Å². The molecule has 1 aromatic rings. The van der Waals surface area contributed by atoms with Crippen LogP contribution in [0.2, 0.25) is 0 Å². The van der Waals surface area contributed by atoms with Crippen LogP contribution < -0.4 is 11.1 Å². The summed E-state index contributed by atoms with van der Waals surface area (Å²) >= 11 is 1.62. The van der Waals surface area contributed by atoms with Crippen LogP contribution in [0.25, 0.3) is 0 Å². The third-order valence-electron chi connectivity index (χ3n) is 3.35. The van der Waals surface area contributed by atoms with Gasteiger partial charge >= 0.3 is 0 Å². The van der Waals surface area contributed by atoms with Crippen molar-refractivity contribution >= 4 is 17.2 Å². The number of rotatable bonds is 8. The average molecular weight is 283 g/mol. The highest BCUT2D eigenvalue weighted by atomic mass is 32.1. The lowest BCUT2D eigenvalue weighted by Crippen LogP contribution is -2.24. The molecule has 0 aromatic carbocycles. The summed E-state index contributed by atoms with van der Waals surface area (Å²) in [5, 5.41) is 3.98. The molecule has 0 spiro atoms. The largest absolute Gasteiger partial charge is 0.351 e. The zero-order valence-electron chi connectivity index (χ0n) is 12.1. The first-order valence-electron chi connectivity index (χ1n) is 6.91. The number of nitrogens with zero attached hydrogens (tertiary/aromatic N) is 1. The summed E-state index contributed by atoms with van der Waals surface area (Å²) in [6, 6.07) is 0. The van der Waals surface area contributed by atoms with Crippen LogP contribution >= 0.6 is 11.3 Å². The molecule has 0 aliphatic heterocycles. The van der Waals surface area contributed by atoms with E-state index in [4.69, 9.17) is 5.73 Å². The van der Waals surface area contributed by atoms with Crippen LogP contribution in [0.15, 0.2) is 6.20 Å². The van der Waals surface area contributed by atoms with Crippen molar-refractivity contribution in [1.29, 1.82) is 0 Å². The van der Waals surface area contributed by atoms with Gasteiger partial charge in [-0.3, -0.25) is 4.79 Å². The Bertz CT molecular complexity index is 390. The maximum atomic E-state index is 11.8. The summed E-state index contributed by atoms with van der Waals surface area (Å²) in [6.07, 6.45) is 4.33. The number of hydrogen-bond donors (Lipinski definition) is 2. The summed E-state index contributed by atoms with van der Waals surface area (Å²) in [6.45, 7) is 7.64. The molecule has 108 valence electrons. The Labute approximate surface area is 119 Å². The molecule has 0 radical (unpaired) electrons. The first-order valence-corrected chi connectivity index (χ1v) is 7.72. The van der Waals surface area contributed by atoms with Gasteiger partial charge in [0.1, 0.15) is 0 Å². The normalized spacial score (nSPS) is 12.7. The van der Waals surface area contributed by atoms with Crippen LogP contribution in [0.1, 0.15) is 43.0 Å². The fraction of sp³-hybridized carbons (Fsp3) is 0.714. The quantitative estimate of drug-likeness (QED) is 0.770. The number of nitrogens with two attached hydrogens (primary N) is 1. The lowest BCUT2D eigenvalue weighted by Gasteiger charge is -2.19. The van der Waals surface area contributed by atoms with Gasteiger partial charge in [-0.25, -0.2) is 4.98 Å². The summed E-state index contributed by atoms with van der Waals surface area (Å²) in [7, 11) is 0. The predicted molar refractivity (Wildman–Crippen MR) is 79.9 cm³/mol. The molecular weight excluding hydrogens is 258 g/mol. The Balaban J connectivity index is 2.27. The van der Waals surface area contributed by atoms with E-state index < -0.39 is 0 Å². The van der Waals surface area contributed by atoms with E-state index in [9.17, 15) is 4.79 Å². The van der Waals surface area contributed by atoms with E-state index in [1.54, 1.807) is 11.3 Å². The van der Waals surface area contributed by atoms with Gasteiger partial charge in [-0.1, -0.05) is 13.8 Å². The Morgan fingerprint density at radius 1 is 1.47 bits per heavy atom. The van der Waals surface area contributed by atoms with Gasteiger partial charge in [-0.2, -0.15) is 0 Å². The molecule has 1 unspecified atom stereocenters. The molecule has 1 rings (SSSR count). The molecule has 4 nitrogen and oxygen atoms in total. The van der Waals surface area contributed by atoms with Crippen molar-refractivity contribution in [2.45, 2.75) is 46.6 Å². The first-order chi connectivity index (χ1) is 9.02. The fourth-order valence-electron chi connectivity index (χ4n) is 2.10. The van der Waals surface area contributed by atoms with E-state index in [1.165, 1.54) is 0 Å². The molecule has 5 heteroatoms. The molecule has 0 aliphatic carbocycles. The molecule has 0 aliphatic rings. The van der Waals surface area contributed by atoms with Crippen molar-refractivity contribution in [1.82, 2.24) is 10.3 Å². The van der Waals surface area contributed by atoms with Crippen molar-refractivity contribution in [2.75, 3.05) is 6.54 Å². The smallest absolute Gasteiger partial charge is 0.220 e. The third-order valence-corrected chi connectivity index (χ3v) is 4.26. The van der Waals surface area contributed by atoms with Gasteiger partial charge in [0.25, 0.3) is 0 Å². The first kappa shape index (κ1) is 16.1. The van der Waals surface area contributed by atoms with Gasteiger partial charge in [0.15, 0.2) is 0 Å². The van der Waals surface area contributed by atoms with Crippen molar-refractivity contribution in [3.63, 3.8) is 0 Å². The fourth-order valence-corrected chi connectivity index (χ4v) is 2.84. The molecule has 0 saturated heterocycles. The van der Waals surface area contributed by atoms with E-state index in [0.29, 0.717) is 31.3 Å². The van der Waals surface area contributed by atoms with E-state index >= 15 is 0 Å². The molecule has 1 atom stereocenters. The summed E-state index contributed by atoms with van der Waals surface area (Å²) < 4.78 is 0. The Morgan fingerprint density at radius 2 is 2.21 bits per heavy atom. The molecule has 0 saturated carbocycles. The maximum absolute atomic E-state index is 11.8. The molecule has 3 N–H and O–H groups in total. The average Bonchev–Trinajstić information content (AvgIpc) is 2.77. The van der Waals surface area contributed by atoms with Crippen LogP contribution in [0.4, 0.5) is 0 Å². The number of amides is 1. The summed E-state index contributed by atoms with van der Waals surface area (Å²) in [5.41, 5.74) is 5.60. The summed E-state index contributed by atoms with van der Waals surface area (Å²) in [4.78, 5) is 17.1. The SMILES string of the molecule is Cc1ncc(CNC(=O)CCC(CCN)C(C)C)s1. The van der Waals surface area contributed by atoms with Crippen molar-refractivity contribution in [3.05, 3.63) is 16.1 Å². The minimum atomic E-state index is 0.119. The molecule has 0 fully saturated rings. The second kappa shape index (κ2) is 8.27. The highest BCUT2D eigenvalue weighted by molar-refractivity contribution is 7.11. The third kappa shape index (κ3) is 6.16. The highest BCUT2D eigenvalue weighted by Gasteiger charge is 2.14. The number of aryl methyl sites for hydroxylation is 1. The van der Waals surface area contributed by atoms with Gasteiger partial charge in [0, 0.05) is 17.5 Å². The molecule has 1 heterocycles. The maximum Gasteiger partial charge on any atom is 0.220 e. The Morgan fingerprint density at radius 3 is 2.74 bits per heavy atom. The van der Waals surface area contributed by atoms with Crippen LogP contribution in [0.3, 0.4) is 0 Å². The van der Waals surface area contributed by atoms with Crippen LogP contribution in [-0.4, -0.2) is 17.4 Å². The molecular formula is C14H25N3OS. The number of thiazole rings is 1. The second-order valence-electron chi connectivity index (χ2n) is 5.24. The van der Waals surface area contributed by atoms with Crippen molar-refractivity contribution in [3.8, 4) is 0 Å².